The third kappa shape index (κ3) is 4.76. The predicted octanol–water partition coefficient (Wildman–Crippen LogP) is 2.10. The van der Waals surface area contributed by atoms with Crippen LogP contribution in [0.5, 0.6) is 5.75 Å². The minimum atomic E-state index is -0.283. The second kappa shape index (κ2) is 9.90. The van der Waals surface area contributed by atoms with Crippen molar-refractivity contribution in [3.05, 3.63) is 24.3 Å². The quantitative estimate of drug-likeness (QED) is 0.705. The first-order chi connectivity index (χ1) is 16.5. The van der Waals surface area contributed by atoms with Crippen molar-refractivity contribution >= 4 is 17.7 Å². The summed E-state index contributed by atoms with van der Waals surface area (Å²) in [7, 11) is 1.67. The van der Waals surface area contributed by atoms with Gasteiger partial charge in [0.15, 0.2) is 0 Å². The molecule has 0 spiro atoms. The van der Waals surface area contributed by atoms with Gasteiger partial charge in [0.05, 0.1) is 13.2 Å². The van der Waals surface area contributed by atoms with Gasteiger partial charge in [0.2, 0.25) is 0 Å². The minimum absolute atomic E-state index is 0.0166. The lowest BCUT2D eigenvalue weighted by molar-refractivity contribution is 0.0522. The average Bonchev–Trinajstić information content (AvgIpc) is 3.15. The highest BCUT2D eigenvalue weighted by molar-refractivity contribution is 5.77. The first kappa shape index (κ1) is 23.1. The highest BCUT2D eigenvalue weighted by atomic mass is 16.5. The van der Waals surface area contributed by atoms with Gasteiger partial charge in [0.1, 0.15) is 5.75 Å². The zero-order chi connectivity index (χ0) is 23.7. The van der Waals surface area contributed by atoms with Crippen LogP contribution in [0.3, 0.4) is 0 Å². The molecule has 5 rings (SSSR count). The molecule has 9 nitrogen and oxygen atoms in total. The third-order valence-electron chi connectivity index (χ3n) is 7.95. The summed E-state index contributed by atoms with van der Waals surface area (Å²) in [5.74, 6) is 0.842. The maximum Gasteiger partial charge on any atom is 0.320 e. The van der Waals surface area contributed by atoms with E-state index in [2.05, 4.69) is 22.3 Å². The summed E-state index contributed by atoms with van der Waals surface area (Å²) in [6.45, 7) is 4.29. The van der Waals surface area contributed by atoms with Gasteiger partial charge in [-0.05, 0) is 62.8 Å². The van der Waals surface area contributed by atoms with E-state index in [1.807, 2.05) is 26.8 Å². The summed E-state index contributed by atoms with van der Waals surface area (Å²) in [5, 5.41) is 13.2. The largest absolute Gasteiger partial charge is 0.497 e. The van der Waals surface area contributed by atoms with E-state index in [9.17, 15) is 14.7 Å². The number of aliphatic hydroxyl groups excluding tert-OH is 1. The smallest absolute Gasteiger partial charge is 0.320 e. The van der Waals surface area contributed by atoms with Crippen LogP contribution in [0.2, 0.25) is 0 Å². The molecule has 4 heterocycles. The number of piperazine rings is 1. The number of anilines is 1. The highest BCUT2D eigenvalue weighted by Crippen LogP contribution is 2.35. The summed E-state index contributed by atoms with van der Waals surface area (Å²) in [6.07, 6.45) is 4.83. The first-order valence-corrected chi connectivity index (χ1v) is 12.7. The van der Waals surface area contributed by atoms with E-state index in [1.54, 1.807) is 7.11 Å². The summed E-state index contributed by atoms with van der Waals surface area (Å²) >= 11 is 0. The van der Waals surface area contributed by atoms with Crippen molar-refractivity contribution in [1.82, 2.24) is 20.0 Å². The first-order valence-electron chi connectivity index (χ1n) is 12.7. The van der Waals surface area contributed by atoms with Crippen molar-refractivity contribution in [3.8, 4) is 5.75 Å². The fourth-order valence-electron chi connectivity index (χ4n) is 6.15. The molecule has 4 atom stereocenters. The number of urea groups is 2. The van der Waals surface area contributed by atoms with Gasteiger partial charge in [-0.2, -0.15) is 0 Å². The fourth-order valence-corrected chi connectivity index (χ4v) is 6.15. The molecule has 1 aromatic rings. The lowest BCUT2D eigenvalue weighted by atomic mass is 10.0. The Morgan fingerprint density at radius 2 is 1.62 bits per heavy atom. The molecule has 0 unspecified atom stereocenters. The number of piperidine rings is 2. The molecule has 4 amide bonds. The average molecular weight is 472 g/mol. The minimum Gasteiger partial charge on any atom is -0.497 e. The molecule has 186 valence electrons. The number of rotatable bonds is 3. The SMILES string of the molecule is COc1ccc(N2CCN(C(=O)N3CCC[C@H](NC(=O)N4[C@@H]5CC[C@H]4C[C@@H](O)C5)C3)CC2)cc1. The predicted molar refractivity (Wildman–Crippen MR) is 129 cm³/mol. The van der Waals surface area contributed by atoms with Gasteiger partial charge in [0, 0.05) is 63.1 Å². The molecule has 2 bridgehead atoms. The van der Waals surface area contributed by atoms with Gasteiger partial charge < -0.3 is 34.8 Å². The van der Waals surface area contributed by atoms with Gasteiger partial charge >= 0.3 is 12.1 Å². The van der Waals surface area contributed by atoms with E-state index in [4.69, 9.17) is 4.74 Å². The highest BCUT2D eigenvalue weighted by Gasteiger charge is 2.43. The van der Waals surface area contributed by atoms with Crippen LogP contribution in [0.25, 0.3) is 0 Å². The van der Waals surface area contributed by atoms with E-state index in [0.29, 0.717) is 32.5 Å². The maximum atomic E-state index is 13.2. The normalized spacial score (nSPS) is 29.2. The summed E-state index contributed by atoms with van der Waals surface area (Å²) in [4.78, 5) is 34.4. The molecule has 4 aliphatic rings. The number of likely N-dealkylation sites (tertiary alicyclic amines) is 1. The van der Waals surface area contributed by atoms with Crippen molar-refractivity contribution in [1.29, 1.82) is 0 Å². The number of amides is 4. The zero-order valence-electron chi connectivity index (χ0n) is 20.1. The second-order valence-electron chi connectivity index (χ2n) is 10.1. The molecule has 4 aliphatic heterocycles. The number of carbonyl (C=O) groups is 2. The Morgan fingerprint density at radius 3 is 2.26 bits per heavy atom. The van der Waals surface area contributed by atoms with Gasteiger partial charge in [-0.1, -0.05) is 0 Å². The zero-order valence-corrected chi connectivity index (χ0v) is 20.1. The number of fused-ring (bicyclic) bond motifs is 2. The number of benzene rings is 1. The maximum absolute atomic E-state index is 13.2. The Balaban J connectivity index is 1.11. The molecule has 4 fully saturated rings. The lowest BCUT2D eigenvalue weighted by Crippen LogP contribution is -2.59. The van der Waals surface area contributed by atoms with E-state index < -0.39 is 0 Å². The van der Waals surface area contributed by atoms with Gasteiger partial charge in [-0.25, -0.2) is 9.59 Å². The number of carbonyl (C=O) groups excluding carboxylic acids is 2. The molecule has 1 aromatic carbocycles. The van der Waals surface area contributed by atoms with Crippen LogP contribution in [0.15, 0.2) is 24.3 Å². The van der Waals surface area contributed by atoms with Gasteiger partial charge in [-0.15, -0.1) is 0 Å². The number of nitrogens with zero attached hydrogens (tertiary/aromatic N) is 4. The van der Waals surface area contributed by atoms with E-state index in [-0.39, 0.29) is 36.3 Å². The molecule has 34 heavy (non-hydrogen) atoms. The number of hydrogen-bond acceptors (Lipinski definition) is 5. The number of nitrogens with one attached hydrogen (secondary N) is 1. The van der Waals surface area contributed by atoms with E-state index >= 15 is 0 Å². The van der Waals surface area contributed by atoms with Crippen LogP contribution >= 0.6 is 0 Å². The van der Waals surface area contributed by atoms with Crippen molar-refractivity contribution in [3.63, 3.8) is 0 Å². The number of methoxy groups -OCH3 is 1. The molecule has 0 aromatic heterocycles. The van der Waals surface area contributed by atoms with Crippen LogP contribution in [-0.4, -0.2) is 102 Å². The Kier molecular flexibility index (Phi) is 6.72. The standard InChI is InChI=1S/C25H37N5O4/c1-34-23-8-6-19(7-9-23)27-11-13-28(14-12-27)25(33)29-10-2-3-18(17-29)26-24(32)30-20-4-5-21(30)16-22(31)15-20/h6-9,18,20-22,31H,2-5,10-17H2,1H3,(H,26,32)/t18-,20-,21+,22+/m0/s1. The Labute approximate surface area is 201 Å². The van der Waals surface area contributed by atoms with Crippen LogP contribution in [0, 0.1) is 0 Å². The number of hydrogen-bond donors (Lipinski definition) is 2. The summed E-state index contributed by atoms with van der Waals surface area (Å²) in [6, 6.07) is 8.39. The lowest BCUT2D eigenvalue weighted by Gasteiger charge is -2.42. The molecular weight excluding hydrogens is 434 g/mol. The van der Waals surface area contributed by atoms with Crippen LogP contribution < -0.4 is 15.0 Å². The molecule has 0 saturated carbocycles. The Hall–Kier alpha value is -2.68. The third-order valence-corrected chi connectivity index (χ3v) is 7.95. The Morgan fingerprint density at radius 1 is 0.941 bits per heavy atom. The van der Waals surface area contributed by atoms with E-state index in [0.717, 1.165) is 56.8 Å². The van der Waals surface area contributed by atoms with E-state index in [1.165, 1.54) is 0 Å². The van der Waals surface area contributed by atoms with Crippen LogP contribution in [0.1, 0.15) is 38.5 Å². The number of aliphatic hydroxyl groups is 1. The van der Waals surface area contributed by atoms with Gasteiger partial charge in [0.25, 0.3) is 0 Å². The van der Waals surface area contributed by atoms with Crippen molar-refractivity contribution in [2.24, 2.45) is 0 Å². The van der Waals surface area contributed by atoms with Gasteiger partial charge in [-0.3, -0.25) is 0 Å². The van der Waals surface area contributed by atoms with Crippen LogP contribution in [0.4, 0.5) is 15.3 Å². The summed E-state index contributed by atoms with van der Waals surface area (Å²) < 4.78 is 5.24. The molecule has 9 heteroatoms. The second-order valence-corrected chi connectivity index (χ2v) is 10.1. The summed E-state index contributed by atoms with van der Waals surface area (Å²) in [5.41, 5.74) is 1.15. The van der Waals surface area contributed by atoms with Crippen molar-refractivity contribution in [2.45, 2.75) is 62.8 Å². The monoisotopic (exact) mass is 471 g/mol. The molecule has 0 radical (unpaired) electrons. The topological polar surface area (TPSA) is 88.6 Å². The fraction of sp³-hybridized carbons (Fsp3) is 0.680. The van der Waals surface area contributed by atoms with Crippen LogP contribution in [-0.2, 0) is 0 Å². The molecule has 2 N–H and O–H groups in total. The Bertz CT molecular complexity index is 859. The van der Waals surface area contributed by atoms with Crippen molar-refractivity contribution < 1.29 is 19.4 Å². The molecule has 4 saturated heterocycles. The van der Waals surface area contributed by atoms with Crippen molar-refractivity contribution in [2.75, 3.05) is 51.3 Å². The molecule has 0 aliphatic carbocycles. The molecular formula is C25H37N5O4. The number of ether oxygens (including phenoxy) is 1.